The van der Waals surface area contributed by atoms with Crippen LogP contribution in [0.2, 0.25) is 0 Å². The number of carboxylic acids is 1. The molecule has 2 rings (SSSR count). The SMILES string of the molecule is O=C(O)c1ccc(OC2CCOCC2)cc1Br. The molecule has 0 radical (unpaired) electrons. The van der Waals surface area contributed by atoms with Gasteiger partial charge in [0.2, 0.25) is 0 Å². The van der Waals surface area contributed by atoms with Crippen LogP contribution in [-0.4, -0.2) is 30.4 Å². The van der Waals surface area contributed by atoms with Crippen molar-refractivity contribution in [2.24, 2.45) is 0 Å². The van der Waals surface area contributed by atoms with E-state index in [1.165, 1.54) is 0 Å². The van der Waals surface area contributed by atoms with Crippen LogP contribution in [0.4, 0.5) is 0 Å². The number of benzene rings is 1. The third-order valence-electron chi connectivity index (χ3n) is 2.64. The van der Waals surface area contributed by atoms with Gasteiger partial charge in [-0.15, -0.1) is 0 Å². The Balaban J connectivity index is 2.06. The van der Waals surface area contributed by atoms with Crippen molar-refractivity contribution < 1.29 is 19.4 Å². The molecule has 0 atom stereocenters. The van der Waals surface area contributed by atoms with Gasteiger partial charge in [0.15, 0.2) is 0 Å². The second kappa shape index (κ2) is 5.51. The first-order chi connectivity index (χ1) is 8.16. The van der Waals surface area contributed by atoms with Crippen LogP contribution in [0.1, 0.15) is 23.2 Å². The van der Waals surface area contributed by atoms with E-state index in [4.69, 9.17) is 14.6 Å². The van der Waals surface area contributed by atoms with E-state index in [2.05, 4.69) is 15.9 Å². The quantitative estimate of drug-likeness (QED) is 0.932. The van der Waals surface area contributed by atoms with Gasteiger partial charge < -0.3 is 14.6 Å². The predicted molar refractivity (Wildman–Crippen MR) is 65.6 cm³/mol. The van der Waals surface area contributed by atoms with Crippen LogP contribution in [0, 0.1) is 0 Å². The van der Waals surface area contributed by atoms with E-state index in [-0.39, 0.29) is 11.7 Å². The van der Waals surface area contributed by atoms with E-state index in [0.717, 1.165) is 26.1 Å². The lowest BCUT2D eigenvalue weighted by molar-refractivity contribution is 0.0255. The van der Waals surface area contributed by atoms with Gasteiger partial charge in [0.1, 0.15) is 11.9 Å². The first-order valence-corrected chi connectivity index (χ1v) is 6.23. The van der Waals surface area contributed by atoms with Crippen LogP contribution in [0.5, 0.6) is 5.75 Å². The Morgan fingerprint density at radius 2 is 2.12 bits per heavy atom. The molecule has 1 saturated heterocycles. The molecule has 0 amide bonds. The Bertz CT molecular complexity index is 413. The molecule has 17 heavy (non-hydrogen) atoms. The summed E-state index contributed by atoms with van der Waals surface area (Å²) in [6.07, 6.45) is 1.91. The van der Waals surface area contributed by atoms with Crippen LogP contribution >= 0.6 is 15.9 Å². The molecule has 0 saturated carbocycles. The number of rotatable bonds is 3. The maximum atomic E-state index is 10.8. The normalized spacial score (nSPS) is 16.8. The second-order valence-corrected chi connectivity index (χ2v) is 4.73. The van der Waals surface area contributed by atoms with Gasteiger partial charge in [-0.25, -0.2) is 4.79 Å². The van der Waals surface area contributed by atoms with Gasteiger partial charge in [0.05, 0.1) is 18.8 Å². The van der Waals surface area contributed by atoms with E-state index in [0.29, 0.717) is 10.2 Å². The van der Waals surface area contributed by atoms with Crippen LogP contribution in [0.3, 0.4) is 0 Å². The molecule has 0 aromatic heterocycles. The maximum absolute atomic E-state index is 10.8. The average Bonchev–Trinajstić information content (AvgIpc) is 2.30. The van der Waals surface area contributed by atoms with E-state index in [1.807, 2.05) is 0 Å². The molecule has 1 aromatic rings. The molecule has 92 valence electrons. The fraction of sp³-hybridized carbons (Fsp3) is 0.417. The number of halogens is 1. The Hall–Kier alpha value is -1.07. The van der Waals surface area contributed by atoms with Crippen LogP contribution < -0.4 is 4.74 Å². The van der Waals surface area contributed by atoms with Crippen molar-refractivity contribution in [3.63, 3.8) is 0 Å². The highest BCUT2D eigenvalue weighted by Gasteiger charge is 2.16. The molecule has 5 heteroatoms. The van der Waals surface area contributed by atoms with Crippen molar-refractivity contribution in [3.8, 4) is 5.75 Å². The summed E-state index contributed by atoms with van der Waals surface area (Å²) in [5.41, 5.74) is 0.240. The van der Waals surface area contributed by atoms with E-state index in [1.54, 1.807) is 18.2 Å². The first-order valence-electron chi connectivity index (χ1n) is 5.44. The zero-order valence-electron chi connectivity index (χ0n) is 9.19. The number of carboxylic acid groups (broad SMARTS) is 1. The highest BCUT2D eigenvalue weighted by Crippen LogP contribution is 2.25. The van der Waals surface area contributed by atoms with Gasteiger partial charge in [-0.05, 0) is 34.1 Å². The highest BCUT2D eigenvalue weighted by atomic mass is 79.9. The largest absolute Gasteiger partial charge is 0.490 e. The number of aromatic carboxylic acids is 1. The molecular formula is C12H13BrO4. The van der Waals surface area contributed by atoms with Gasteiger partial charge in [0.25, 0.3) is 0 Å². The molecule has 0 unspecified atom stereocenters. The Kier molecular flexibility index (Phi) is 4.02. The summed E-state index contributed by atoms with van der Waals surface area (Å²) >= 11 is 3.23. The van der Waals surface area contributed by atoms with Crippen molar-refractivity contribution in [1.82, 2.24) is 0 Å². The van der Waals surface area contributed by atoms with E-state index >= 15 is 0 Å². The minimum Gasteiger partial charge on any atom is -0.490 e. The summed E-state index contributed by atoms with van der Waals surface area (Å²) in [7, 11) is 0. The monoisotopic (exact) mass is 300 g/mol. The summed E-state index contributed by atoms with van der Waals surface area (Å²) < 4.78 is 11.5. The smallest absolute Gasteiger partial charge is 0.336 e. The lowest BCUT2D eigenvalue weighted by Crippen LogP contribution is -2.25. The molecule has 1 N–H and O–H groups in total. The topological polar surface area (TPSA) is 55.8 Å². The molecule has 1 fully saturated rings. The Morgan fingerprint density at radius 3 is 2.71 bits per heavy atom. The second-order valence-electron chi connectivity index (χ2n) is 3.88. The maximum Gasteiger partial charge on any atom is 0.336 e. The average molecular weight is 301 g/mol. The van der Waals surface area contributed by atoms with Gasteiger partial charge in [-0.2, -0.15) is 0 Å². The van der Waals surface area contributed by atoms with Crippen molar-refractivity contribution in [2.75, 3.05) is 13.2 Å². The minimum atomic E-state index is -0.950. The van der Waals surface area contributed by atoms with Gasteiger partial charge in [-0.1, -0.05) is 0 Å². The summed E-state index contributed by atoms with van der Waals surface area (Å²) in [5, 5.41) is 8.89. The first kappa shape index (κ1) is 12.4. The molecule has 1 aromatic carbocycles. The molecule has 0 spiro atoms. The van der Waals surface area contributed by atoms with Gasteiger partial charge in [-0.3, -0.25) is 0 Å². The fourth-order valence-corrected chi connectivity index (χ4v) is 2.26. The lowest BCUT2D eigenvalue weighted by Gasteiger charge is -2.23. The summed E-state index contributed by atoms with van der Waals surface area (Å²) in [4.78, 5) is 10.8. The van der Waals surface area contributed by atoms with E-state index < -0.39 is 5.97 Å². The summed E-state index contributed by atoms with van der Waals surface area (Å²) in [6.45, 7) is 1.44. The number of carbonyl (C=O) groups is 1. The summed E-state index contributed by atoms with van der Waals surface area (Å²) in [6, 6.07) is 4.92. The minimum absolute atomic E-state index is 0.159. The standard InChI is InChI=1S/C12H13BrO4/c13-11-7-9(1-2-10(11)12(14)15)17-8-3-5-16-6-4-8/h1-2,7-8H,3-6H2,(H,14,15). The van der Waals surface area contributed by atoms with Crippen LogP contribution in [0.25, 0.3) is 0 Å². The molecule has 1 aliphatic rings. The van der Waals surface area contributed by atoms with Crippen LogP contribution in [0.15, 0.2) is 22.7 Å². The number of hydrogen-bond acceptors (Lipinski definition) is 3. The van der Waals surface area contributed by atoms with E-state index in [9.17, 15) is 4.79 Å². The van der Waals surface area contributed by atoms with Crippen molar-refractivity contribution >= 4 is 21.9 Å². The fourth-order valence-electron chi connectivity index (χ4n) is 1.73. The van der Waals surface area contributed by atoms with Crippen LogP contribution in [-0.2, 0) is 4.74 Å². The number of hydrogen-bond donors (Lipinski definition) is 1. The molecule has 1 heterocycles. The molecule has 4 nitrogen and oxygen atoms in total. The lowest BCUT2D eigenvalue weighted by atomic mass is 10.1. The molecule has 0 aliphatic carbocycles. The Labute approximate surface area is 108 Å². The molecule has 1 aliphatic heterocycles. The number of ether oxygens (including phenoxy) is 2. The molecular weight excluding hydrogens is 288 g/mol. The summed E-state index contributed by atoms with van der Waals surface area (Å²) in [5.74, 6) is -0.261. The molecule has 0 bridgehead atoms. The van der Waals surface area contributed by atoms with Crippen molar-refractivity contribution in [3.05, 3.63) is 28.2 Å². The third-order valence-corrected chi connectivity index (χ3v) is 3.30. The zero-order valence-corrected chi connectivity index (χ0v) is 10.8. The van der Waals surface area contributed by atoms with Crippen molar-refractivity contribution in [1.29, 1.82) is 0 Å². The van der Waals surface area contributed by atoms with Gasteiger partial charge >= 0.3 is 5.97 Å². The zero-order chi connectivity index (χ0) is 12.3. The van der Waals surface area contributed by atoms with Gasteiger partial charge in [0, 0.05) is 17.3 Å². The predicted octanol–water partition coefficient (Wildman–Crippen LogP) is 2.71. The Morgan fingerprint density at radius 1 is 1.41 bits per heavy atom. The van der Waals surface area contributed by atoms with Crippen molar-refractivity contribution in [2.45, 2.75) is 18.9 Å². The highest BCUT2D eigenvalue weighted by molar-refractivity contribution is 9.10. The third kappa shape index (κ3) is 3.20.